The molecule has 204 valence electrons. The molecule has 0 bridgehead atoms. The summed E-state index contributed by atoms with van der Waals surface area (Å²) in [5.74, 6) is 1.25. The average molecular weight is 521 g/mol. The van der Waals surface area contributed by atoms with Crippen LogP contribution in [0, 0.1) is 17.8 Å². The van der Waals surface area contributed by atoms with E-state index >= 15 is 0 Å². The Kier molecular flexibility index (Phi) is 8.33. The Morgan fingerprint density at radius 2 is 1.92 bits per heavy atom. The zero-order chi connectivity index (χ0) is 26.6. The predicted molar refractivity (Wildman–Crippen MR) is 144 cm³/mol. The molecule has 2 aliphatic carbocycles. The second-order valence-electron chi connectivity index (χ2n) is 11.6. The third kappa shape index (κ3) is 6.38. The Morgan fingerprint density at radius 1 is 1.13 bits per heavy atom. The molecule has 9 heteroatoms. The van der Waals surface area contributed by atoms with Crippen LogP contribution in [0.3, 0.4) is 0 Å². The number of fused-ring (bicyclic) bond motifs is 1. The number of hydrogen-bond donors (Lipinski definition) is 3. The molecule has 38 heavy (non-hydrogen) atoms. The van der Waals surface area contributed by atoms with Gasteiger partial charge in [-0.15, -0.1) is 10.2 Å². The fourth-order valence-corrected chi connectivity index (χ4v) is 5.72. The number of carbonyl (C=O) groups excluding carboxylic acids is 1. The molecule has 0 aliphatic heterocycles. The molecule has 9 nitrogen and oxygen atoms in total. The fourth-order valence-electron chi connectivity index (χ4n) is 5.72. The highest BCUT2D eigenvalue weighted by molar-refractivity contribution is 5.78. The lowest BCUT2D eigenvalue weighted by molar-refractivity contribution is -0.123. The summed E-state index contributed by atoms with van der Waals surface area (Å²) in [4.78, 5) is 22.4. The van der Waals surface area contributed by atoms with Crippen molar-refractivity contribution >= 4 is 11.6 Å². The molecule has 0 radical (unpaired) electrons. The van der Waals surface area contributed by atoms with Crippen LogP contribution in [0.5, 0.6) is 0 Å². The van der Waals surface area contributed by atoms with Crippen LogP contribution in [-0.2, 0) is 17.6 Å². The number of carbonyl (C=O) groups is 1. The average Bonchev–Trinajstić information content (AvgIpc) is 3.69. The van der Waals surface area contributed by atoms with Gasteiger partial charge in [-0.3, -0.25) is 14.2 Å². The van der Waals surface area contributed by atoms with Crippen molar-refractivity contribution in [3.63, 3.8) is 0 Å². The van der Waals surface area contributed by atoms with Crippen LogP contribution in [0.25, 0.3) is 16.9 Å². The molecule has 1 amide bonds. The van der Waals surface area contributed by atoms with Crippen LogP contribution in [0.1, 0.15) is 76.7 Å². The maximum atomic E-state index is 13.3. The molecule has 2 fully saturated rings. The zero-order valence-electron chi connectivity index (χ0n) is 22.5. The monoisotopic (exact) mass is 520 g/mol. The number of amides is 1. The lowest BCUT2D eigenvalue weighted by atomic mass is 9.82. The highest BCUT2D eigenvalue weighted by Crippen LogP contribution is 2.36. The van der Waals surface area contributed by atoms with Crippen LogP contribution >= 0.6 is 0 Å². The van der Waals surface area contributed by atoms with E-state index in [1.807, 2.05) is 22.7 Å². The Balaban J connectivity index is 1.38. The summed E-state index contributed by atoms with van der Waals surface area (Å²) in [6.45, 7) is 4.26. The van der Waals surface area contributed by atoms with Gasteiger partial charge in [0, 0.05) is 24.2 Å². The summed E-state index contributed by atoms with van der Waals surface area (Å²) in [6.07, 6.45) is 12.7. The summed E-state index contributed by atoms with van der Waals surface area (Å²) in [5, 5.41) is 33.5. The standard InChI is InChI=1S/C29H40N6O3/c1-18(2)13-23-29-34-33-25(35(29)17-24(31-23)21-9-6-12-30-16-21)15-26(36)32-22(14-19-7-4-3-5-8-19)28(38)27(37)20-10-11-20/h6,9,12,16-20,22,27-28,37-38H,3-5,7-8,10-11,13-15H2,1-2H3,(H,32,36)/t22-,27-,28+/m0/s1. The molecule has 5 rings (SSSR count). The van der Waals surface area contributed by atoms with Crippen molar-refractivity contribution in [2.45, 2.75) is 96.3 Å². The first-order valence-electron chi connectivity index (χ1n) is 14.2. The topological polar surface area (TPSA) is 126 Å². The van der Waals surface area contributed by atoms with E-state index in [1.54, 1.807) is 12.4 Å². The highest BCUT2D eigenvalue weighted by atomic mass is 16.3. The van der Waals surface area contributed by atoms with Gasteiger partial charge in [0.05, 0.1) is 30.0 Å². The highest BCUT2D eigenvalue weighted by Gasteiger charge is 2.39. The Bertz CT molecular complexity index is 1220. The third-order valence-corrected chi connectivity index (χ3v) is 7.93. The van der Waals surface area contributed by atoms with Crippen molar-refractivity contribution in [3.8, 4) is 11.3 Å². The molecule has 0 saturated heterocycles. The minimum Gasteiger partial charge on any atom is -0.390 e. The Labute approximate surface area is 224 Å². The van der Waals surface area contributed by atoms with Gasteiger partial charge < -0.3 is 15.5 Å². The second kappa shape index (κ2) is 11.9. The van der Waals surface area contributed by atoms with Crippen LogP contribution in [0.4, 0.5) is 0 Å². The number of rotatable bonds is 11. The minimum atomic E-state index is -0.970. The molecule has 3 N–H and O–H groups in total. The van der Waals surface area contributed by atoms with E-state index in [1.165, 1.54) is 19.3 Å². The molecule has 2 aliphatic rings. The molecule has 3 atom stereocenters. The Morgan fingerprint density at radius 3 is 2.61 bits per heavy atom. The predicted octanol–water partition coefficient (Wildman–Crippen LogP) is 3.51. The summed E-state index contributed by atoms with van der Waals surface area (Å²) < 4.78 is 1.86. The van der Waals surface area contributed by atoms with Crippen molar-refractivity contribution in [1.29, 1.82) is 0 Å². The van der Waals surface area contributed by atoms with E-state index in [0.717, 1.165) is 49.1 Å². The number of nitrogens with zero attached hydrogens (tertiary/aromatic N) is 5. The van der Waals surface area contributed by atoms with Gasteiger partial charge in [0.25, 0.3) is 0 Å². The zero-order valence-corrected chi connectivity index (χ0v) is 22.5. The number of aromatic nitrogens is 5. The van der Waals surface area contributed by atoms with E-state index in [4.69, 9.17) is 4.98 Å². The van der Waals surface area contributed by atoms with Gasteiger partial charge in [-0.1, -0.05) is 46.0 Å². The maximum Gasteiger partial charge on any atom is 0.227 e. The van der Waals surface area contributed by atoms with Crippen LogP contribution in [-0.4, -0.2) is 58.9 Å². The molecular weight excluding hydrogens is 480 g/mol. The van der Waals surface area contributed by atoms with Crippen molar-refractivity contribution < 1.29 is 15.0 Å². The van der Waals surface area contributed by atoms with Crippen molar-refractivity contribution in [1.82, 2.24) is 29.9 Å². The number of aliphatic hydroxyl groups is 2. The maximum absolute atomic E-state index is 13.3. The van der Waals surface area contributed by atoms with E-state index in [2.05, 4.69) is 34.3 Å². The van der Waals surface area contributed by atoms with Crippen LogP contribution < -0.4 is 5.32 Å². The molecule has 0 aromatic carbocycles. The number of nitrogens with one attached hydrogen (secondary N) is 1. The van der Waals surface area contributed by atoms with Gasteiger partial charge in [-0.2, -0.15) is 0 Å². The summed E-state index contributed by atoms with van der Waals surface area (Å²) >= 11 is 0. The first-order valence-corrected chi connectivity index (χ1v) is 14.2. The lowest BCUT2D eigenvalue weighted by Crippen LogP contribution is -2.50. The first-order chi connectivity index (χ1) is 18.4. The molecule has 3 aromatic rings. The minimum absolute atomic E-state index is 0.0200. The lowest BCUT2D eigenvalue weighted by Gasteiger charge is -2.32. The smallest absolute Gasteiger partial charge is 0.227 e. The quantitative estimate of drug-likeness (QED) is 0.353. The summed E-state index contributed by atoms with van der Waals surface area (Å²) in [6, 6.07) is 3.35. The van der Waals surface area contributed by atoms with Gasteiger partial charge in [-0.05, 0) is 55.6 Å². The SMILES string of the molecule is CC(C)Cc1nc(-c2cccnc2)cn2c(CC(=O)N[C@@H](CC3CCCCC3)[C@@H](O)[C@@H](O)C3CC3)nnc12. The fraction of sp³-hybridized carbons (Fsp3) is 0.621. The van der Waals surface area contributed by atoms with Gasteiger partial charge in [-0.25, -0.2) is 4.98 Å². The largest absolute Gasteiger partial charge is 0.390 e. The van der Waals surface area contributed by atoms with Crippen molar-refractivity contribution in [2.24, 2.45) is 17.8 Å². The van der Waals surface area contributed by atoms with E-state index in [-0.39, 0.29) is 18.2 Å². The molecule has 0 unspecified atom stereocenters. The van der Waals surface area contributed by atoms with Crippen molar-refractivity contribution in [2.75, 3.05) is 0 Å². The molecule has 0 spiro atoms. The van der Waals surface area contributed by atoms with Gasteiger partial charge in [0.15, 0.2) is 5.65 Å². The molecule has 3 aromatic heterocycles. The normalized spacial score (nSPS) is 19.0. The second-order valence-corrected chi connectivity index (χ2v) is 11.6. The number of hydrogen-bond acceptors (Lipinski definition) is 7. The molecule has 2 saturated carbocycles. The van der Waals surface area contributed by atoms with Gasteiger partial charge in [0.1, 0.15) is 11.9 Å². The van der Waals surface area contributed by atoms with Gasteiger partial charge in [0.2, 0.25) is 5.91 Å². The molecule has 3 heterocycles. The van der Waals surface area contributed by atoms with E-state index in [9.17, 15) is 15.0 Å². The Hall–Kier alpha value is -2.91. The number of pyridine rings is 1. The van der Waals surface area contributed by atoms with E-state index in [0.29, 0.717) is 29.7 Å². The summed E-state index contributed by atoms with van der Waals surface area (Å²) in [5.41, 5.74) is 3.12. The van der Waals surface area contributed by atoms with Gasteiger partial charge >= 0.3 is 0 Å². The van der Waals surface area contributed by atoms with Crippen LogP contribution in [0.15, 0.2) is 30.7 Å². The number of aliphatic hydroxyl groups excluding tert-OH is 2. The third-order valence-electron chi connectivity index (χ3n) is 7.93. The molecular formula is C29H40N6O3. The van der Waals surface area contributed by atoms with E-state index < -0.39 is 18.2 Å². The van der Waals surface area contributed by atoms with Crippen LogP contribution in [0.2, 0.25) is 0 Å². The first kappa shape index (κ1) is 26.7. The summed E-state index contributed by atoms with van der Waals surface area (Å²) in [7, 11) is 0. The van der Waals surface area contributed by atoms with Crippen molar-refractivity contribution in [3.05, 3.63) is 42.2 Å².